The van der Waals surface area contributed by atoms with Gasteiger partial charge in [-0.3, -0.25) is 4.79 Å². The molecule has 0 amide bonds. The Morgan fingerprint density at radius 3 is 2.39 bits per heavy atom. The van der Waals surface area contributed by atoms with Crippen LogP contribution in [0.15, 0.2) is 0 Å². The molecule has 7 heteroatoms. The van der Waals surface area contributed by atoms with Crippen molar-refractivity contribution in [2.24, 2.45) is 0 Å². The number of methoxy groups -OCH3 is 1. The molecule has 1 fully saturated rings. The predicted molar refractivity (Wildman–Crippen MR) is 66.4 cm³/mol. The fourth-order valence-corrected chi connectivity index (χ4v) is 3.60. The number of sulfonamides is 1. The molecule has 1 aliphatic carbocycles. The van der Waals surface area contributed by atoms with Gasteiger partial charge in [-0.1, -0.05) is 19.3 Å². The highest BCUT2D eigenvalue weighted by atomic mass is 32.2. The van der Waals surface area contributed by atoms with Gasteiger partial charge in [0.15, 0.2) is 5.25 Å². The normalized spacial score (nSPS) is 21.3. The van der Waals surface area contributed by atoms with E-state index in [1.165, 1.54) is 6.92 Å². The molecule has 2 N–H and O–H groups in total. The van der Waals surface area contributed by atoms with Crippen LogP contribution in [0.5, 0.6) is 0 Å². The average Bonchev–Trinajstić information content (AvgIpc) is 2.37. The van der Waals surface area contributed by atoms with E-state index in [0.717, 1.165) is 26.4 Å². The zero-order chi connectivity index (χ0) is 13.8. The lowest BCUT2D eigenvalue weighted by atomic mass is 9.83. The van der Waals surface area contributed by atoms with E-state index in [2.05, 4.69) is 9.46 Å². The van der Waals surface area contributed by atoms with E-state index in [9.17, 15) is 18.3 Å². The van der Waals surface area contributed by atoms with Crippen molar-refractivity contribution >= 4 is 16.0 Å². The molecule has 1 aliphatic rings. The average molecular weight is 279 g/mol. The molecule has 6 nitrogen and oxygen atoms in total. The lowest BCUT2D eigenvalue weighted by Gasteiger charge is -2.36. The summed E-state index contributed by atoms with van der Waals surface area (Å²) in [6.07, 6.45) is 3.97. The minimum Gasteiger partial charge on any atom is -0.468 e. The SMILES string of the molecule is COC(=O)C(C)S(=O)(=O)NC1(CO)CCCCC1. The first kappa shape index (κ1) is 15.4. The van der Waals surface area contributed by atoms with Gasteiger partial charge in [-0.05, 0) is 19.8 Å². The van der Waals surface area contributed by atoms with Gasteiger partial charge in [0.05, 0.1) is 19.3 Å². The van der Waals surface area contributed by atoms with Gasteiger partial charge in [-0.2, -0.15) is 0 Å². The van der Waals surface area contributed by atoms with Gasteiger partial charge in [0.25, 0.3) is 0 Å². The van der Waals surface area contributed by atoms with Gasteiger partial charge >= 0.3 is 5.97 Å². The molecule has 1 atom stereocenters. The molecule has 0 aromatic carbocycles. The topological polar surface area (TPSA) is 92.7 Å². The second-order valence-corrected chi connectivity index (χ2v) is 6.81. The Morgan fingerprint density at radius 2 is 1.94 bits per heavy atom. The van der Waals surface area contributed by atoms with Crippen LogP contribution in [0, 0.1) is 0 Å². The van der Waals surface area contributed by atoms with E-state index >= 15 is 0 Å². The molecule has 0 spiro atoms. The molecule has 0 aromatic heterocycles. The summed E-state index contributed by atoms with van der Waals surface area (Å²) in [4.78, 5) is 11.3. The number of hydrogen-bond donors (Lipinski definition) is 2. The van der Waals surface area contributed by atoms with E-state index in [4.69, 9.17) is 0 Å². The molecule has 106 valence electrons. The number of rotatable bonds is 5. The highest BCUT2D eigenvalue weighted by Gasteiger charge is 2.39. The summed E-state index contributed by atoms with van der Waals surface area (Å²) in [6, 6.07) is 0. The number of aliphatic hydroxyl groups is 1. The lowest BCUT2D eigenvalue weighted by Crippen LogP contribution is -2.55. The molecular formula is C11H21NO5S. The Hall–Kier alpha value is -0.660. The van der Waals surface area contributed by atoms with Gasteiger partial charge in [0.2, 0.25) is 10.0 Å². The summed E-state index contributed by atoms with van der Waals surface area (Å²) in [6.45, 7) is 1.03. The van der Waals surface area contributed by atoms with Crippen LogP contribution >= 0.6 is 0 Å². The van der Waals surface area contributed by atoms with Crippen molar-refractivity contribution in [1.29, 1.82) is 0 Å². The molecular weight excluding hydrogens is 258 g/mol. The Balaban J connectivity index is 2.83. The highest BCUT2D eigenvalue weighted by molar-refractivity contribution is 7.90. The van der Waals surface area contributed by atoms with Crippen LogP contribution in [0.25, 0.3) is 0 Å². The maximum absolute atomic E-state index is 12.0. The number of carbonyl (C=O) groups excluding carboxylic acids is 1. The summed E-state index contributed by atoms with van der Waals surface area (Å²) in [7, 11) is -2.68. The Morgan fingerprint density at radius 1 is 1.39 bits per heavy atom. The van der Waals surface area contributed by atoms with Crippen LogP contribution in [0.1, 0.15) is 39.0 Å². The van der Waals surface area contributed by atoms with Gasteiger partial charge in [0.1, 0.15) is 0 Å². The van der Waals surface area contributed by atoms with E-state index < -0.39 is 26.8 Å². The van der Waals surface area contributed by atoms with Gasteiger partial charge in [0, 0.05) is 0 Å². The summed E-state index contributed by atoms with van der Waals surface area (Å²) in [5.41, 5.74) is -0.820. The molecule has 18 heavy (non-hydrogen) atoms. The molecule has 1 saturated carbocycles. The minimum atomic E-state index is -3.83. The van der Waals surface area contributed by atoms with Crippen molar-refractivity contribution in [2.45, 2.75) is 49.8 Å². The first-order valence-corrected chi connectivity index (χ1v) is 7.63. The van der Waals surface area contributed by atoms with Crippen LogP contribution in [0.4, 0.5) is 0 Å². The lowest BCUT2D eigenvalue weighted by molar-refractivity contribution is -0.139. The van der Waals surface area contributed by atoms with Crippen LogP contribution in [-0.2, 0) is 19.6 Å². The Bertz CT molecular complexity index is 386. The van der Waals surface area contributed by atoms with Crippen molar-refractivity contribution in [3.8, 4) is 0 Å². The molecule has 1 unspecified atom stereocenters. The fourth-order valence-electron chi connectivity index (χ4n) is 2.20. The zero-order valence-electron chi connectivity index (χ0n) is 10.8. The van der Waals surface area contributed by atoms with E-state index in [0.29, 0.717) is 12.8 Å². The third-order valence-electron chi connectivity index (χ3n) is 3.47. The number of esters is 1. The molecule has 0 radical (unpaired) electrons. The van der Waals surface area contributed by atoms with Gasteiger partial charge in [-0.15, -0.1) is 0 Å². The van der Waals surface area contributed by atoms with E-state index in [1.54, 1.807) is 0 Å². The largest absolute Gasteiger partial charge is 0.468 e. The molecule has 0 aliphatic heterocycles. The zero-order valence-corrected chi connectivity index (χ0v) is 11.6. The quantitative estimate of drug-likeness (QED) is 0.699. The van der Waals surface area contributed by atoms with Crippen LogP contribution < -0.4 is 4.72 Å². The summed E-state index contributed by atoms with van der Waals surface area (Å²) < 4.78 is 31.0. The standard InChI is InChI=1S/C11H21NO5S/c1-9(10(14)17-2)18(15,16)12-11(8-13)6-4-3-5-7-11/h9,12-13H,3-8H2,1-2H3. The van der Waals surface area contributed by atoms with Crippen LogP contribution in [-0.4, -0.2) is 44.0 Å². The Labute approximate surface area is 108 Å². The first-order chi connectivity index (χ1) is 8.37. The molecule has 0 saturated heterocycles. The van der Waals surface area contributed by atoms with E-state index in [-0.39, 0.29) is 6.61 Å². The van der Waals surface area contributed by atoms with Crippen molar-refractivity contribution in [1.82, 2.24) is 4.72 Å². The van der Waals surface area contributed by atoms with Gasteiger partial charge in [-0.25, -0.2) is 13.1 Å². The van der Waals surface area contributed by atoms with Crippen molar-refractivity contribution in [2.75, 3.05) is 13.7 Å². The maximum Gasteiger partial charge on any atom is 0.325 e. The fraction of sp³-hybridized carbons (Fsp3) is 0.909. The van der Waals surface area contributed by atoms with Crippen molar-refractivity contribution < 1.29 is 23.1 Å². The number of carbonyl (C=O) groups is 1. The summed E-state index contributed by atoms with van der Waals surface area (Å²) in [5, 5.41) is 8.17. The maximum atomic E-state index is 12.0. The monoisotopic (exact) mass is 279 g/mol. The van der Waals surface area contributed by atoms with E-state index in [1.807, 2.05) is 0 Å². The number of aliphatic hydroxyl groups excluding tert-OH is 1. The van der Waals surface area contributed by atoms with Gasteiger partial charge < -0.3 is 9.84 Å². The summed E-state index contributed by atoms with van der Waals surface area (Å²) in [5.74, 6) is -0.800. The number of nitrogens with one attached hydrogen (secondary N) is 1. The third-order valence-corrected chi connectivity index (χ3v) is 5.31. The second kappa shape index (κ2) is 5.99. The second-order valence-electron chi connectivity index (χ2n) is 4.81. The molecule has 0 aromatic rings. The minimum absolute atomic E-state index is 0.250. The number of hydrogen-bond acceptors (Lipinski definition) is 5. The van der Waals surface area contributed by atoms with Crippen molar-refractivity contribution in [3.05, 3.63) is 0 Å². The number of ether oxygens (including phenoxy) is 1. The Kier molecular flexibility index (Phi) is 5.12. The van der Waals surface area contributed by atoms with Crippen molar-refractivity contribution in [3.63, 3.8) is 0 Å². The molecule has 1 rings (SSSR count). The highest BCUT2D eigenvalue weighted by Crippen LogP contribution is 2.29. The smallest absolute Gasteiger partial charge is 0.325 e. The summed E-state index contributed by atoms with van der Waals surface area (Å²) >= 11 is 0. The predicted octanol–water partition coefficient (Wildman–Crippen LogP) is 0.162. The first-order valence-electron chi connectivity index (χ1n) is 6.08. The third kappa shape index (κ3) is 3.43. The van der Waals surface area contributed by atoms with Crippen LogP contribution in [0.2, 0.25) is 0 Å². The van der Waals surface area contributed by atoms with Crippen LogP contribution in [0.3, 0.4) is 0 Å². The molecule has 0 heterocycles. The molecule has 0 bridgehead atoms.